The van der Waals surface area contributed by atoms with Crippen molar-refractivity contribution in [1.82, 2.24) is 9.55 Å². The molecule has 4 nitrogen and oxygen atoms in total. The normalized spacial score (nSPS) is 11.9. The van der Waals surface area contributed by atoms with Crippen LogP contribution < -0.4 is 5.56 Å². The molecule has 0 aliphatic carbocycles. The van der Waals surface area contributed by atoms with Gasteiger partial charge in [-0.1, -0.05) is 76.7 Å². The van der Waals surface area contributed by atoms with Crippen molar-refractivity contribution in [2.75, 3.05) is 5.75 Å². The number of benzene rings is 2. The number of carbonyl (C=O) groups excluding carboxylic acids is 1. The number of fused-ring (bicyclic) bond motifs is 1. The smallest absolute Gasteiger partial charge is 0.266 e. The first-order valence-electron chi connectivity index (χ1n) is 9.47. The fourth-order valence-electron chi connectivity index (χ4n) is 2.95. The number of carbonyl (C=O) groups is 1. The third kappa shape index (κ3) is 4.04. The van der Waals surface area contributed by atoms with Crippen LogP contribution in [-0.2, 0) is 4.79 Å². The van der Waals surface area contributed by atoms with Gasteiger partial charge in [0.1, 0.15) is 5.78 Å². The molecule has 0 aliphatic heterocycles. The maximum Gasteiger partial charge on any atom is 0.266 e. The summed E-state index contributed by atoms with van der Waals surface area (Å²) in [6.07, 6.45) is 0. The molecular weight excluding hydrogens is 368 g/mol. The van der Waals surface area contributed by atoms with Gasteiger partial charge in [0.05, 0.1) is 22.3 Å². The molecule has 28 heavy (non-hydrogen) atoms. The Bertz CT molecular complexity index is 1080. The molecule has 0 N–H and O–H groups in total. The van der Waals surface area contributed by atoms with Crippen molar-refractivity contribution in [2.24, 2.45) is 5.41 Å². The van der Waals surface area contributed by atoms with Gasteiger partial charge in [0.15, 0.2) is 5.16 Å². The van der Waals surface area contributed by atoms with Crippen LogP contribution in [0, 0.1) is 5.41 Å². The second-order valence-corrected chi connectivity index (χ2v) is 9.17. The lowest BCUT2D eigenvalue weighted by atomic mass is 9.92. The highest BCUT2D eigenvalue weighted by Crippen LogP contribution is 2.28. The Morgan fingerprint density at radius 1 is 1.07 bits per heavy atom. The van der Waals surface area contributed by atoms with E-state index in [1.807, 2.05) is 63.2 Å². The van der Waals surface area contributed by atoms with Gasteiger partial charge < -0.3 is 0 Å². The number of hydrogen-bond acceptors (Lipinski definition) is 4. The van der Waals surface area contributed by atoms with Crippen LogP contribution in [0.3, 0.4) is 0 Å². The van der Waals surface area contributed by atoms with Gasteiger partial charge in [-0.3, -0.25) is 14.2 Å². The number of para-hydroxylation sites is 2. The number of aromatic nitrogens is 2. The molecule has 3 aromatic rings. The largest absolute Gasteiger partial charge is 0.298 e. The van der Waals surface area contributed by atoms with E-state index in [0.29, 0.717) is 16.1 Å². The summed E-state index contributed by atoms with van der Waals surface area (Å²) in [6, 6.07) is 15.3. The average molecular weight is 395 g/mol. The van der Waals surface area contributed by atoms with E-state index < -0.39 is 5.41 Å². The van der Waals surface area contributed by atoms with Crippen LogP contribution in [0.4, 0.5) is 0 Å². The molecule has 3 rings (SSSR count). The van der Waals surface area contributed by atoms with Crippen LogP contribution in [0.5, 0.6) is 0 Å². The van der Waals surface area contributed by atoms with Crippen LogP contribution in [0.25, 0.3) is 16.6 Å². The topological polar surface area (TPSA) is 52.0 Å². The number of thioether (sulfide) groups is 1. The van der Waals surface area contributed by atoms with Crippen molar-refractivity contribution >= 4 is 28.4 Å². The Morgan fingerprint density at radius 3 is 2.39 bits per heavy atom. The number of nitrogens with zero attached hydrogens (tertiary/aromatic N) is 2. The molecule has 0 aliphatic rings. The van der Waals surface area contributed by atoms with E-state index in [0.717, 1.165) is 11.3 Å². The van der Waals surface area contributed by atoms with Crippen LogP contribution >= 0.6 is 11.8 Å². The first-order valence-corrected chi connectivity index (χ1v) is 10.5. The molecule has 0 amide bonds. The Balaban J connectivity index is 2.21. The zero-order valence-electron chi connectivity index (χ0n) is 17.0. The lowest BCUT2D eigenvalue weighted by Crippen LogP contribution is -2.25. The first-order chi connectivity index (χ1) is 13.2. The highest BCUT2D eigenvalue weighted by atomic mass is 32.2. The highest BCUT2D eigenvalue weighted by molar-refractivity contribution is 7.99. The number of hydrogen-bond donors (Lipinski definition) is 0. The van der Waals surface area contributed by atoms with E-state index in [2.05, 4.69) is 13.8 Å². The third-order valence-corrected chi connectivity index (χ3v) is 5.65. The third-order valence-electron chi connectivity index (χ3n) is 4.71. The summed E-state index contributed by atoms with van der Waals surface area (Å²) < 4.78 is 1.66. The van der Waals surface area contributed by atoms with Crippen LogP contribution in [0.15, 0.2) is 58.5 Å². The lowest BCUT2D eigenvalue weighted by Gasteiger charge is -2.19. The minimum Gasteiger partial charge on any atom is -0.298 e. The fourth-order valence-corrected chi connectivity index (χ4v) is 4.11. The summed E-state index contributed by atoms with van der Waals surface area (Å²) in [4.78, 5) is 30.6. The standard InChI is InChI=1S/C23H26N2O2S/c1-15(2)16-10-7-9-13-19(16)25-21(27)17-11-6-8-12-18(17)24-22(25)28-14-20(26)23(3,4)5/h6-13,15H,14H2,1-5H3. The molecular formula is C23H26N2O2S. The van der Waals surface area contributed by atoms with Gasteiger partial charge in [-0.25, -0.2) is 4.98 Å². The van der Waals surface area contributed by atoms with E-state index in [1.165, 1.54) is 11.8 Å². The Morgan fingerprint density at radius 2 is 1.71 bits per heavy atom. The molecule has 5 heteroatoms. The molecule has 0 radical (unpaired) electrons. The summed E-state index contributed by atoms with van der Waals surface area (Å²) >= 11 is 1.33. The molecule has 146 valence electrons. The minimum absolute atomic E-state index is 0.107. The van der Waals surface area contributed by atoms with E-state index in [4.69, 9.17) is 4.98 Å². The molecule has 0 atom stereocenters. The van der Waals surface area contributed by atoms with Crippen molar-refractivity contribution in [3.8, 4) is 5.69 Å². The summed E-state index contributed by atoms with van der Waals surface area (Å²) in [7, 11) is 0. The van der Waals surface area contributed by atoms with Gasteiger partial charge in [-0.2, -0.15) is 0 Å². The minimum atomic E-state index is -0.426. The number of ketones is 1. The van der Waals surface area contributed by atoms with Gasteiger partial charge in [-0.05, 0) is 29.7 Å². The molecule has 2 aromatic carbocycles. The van der Waals surface area contributed by atoms with Gasteiger partial charge in [0.2, 0.25) is 0 Å². The molecule has 0 fully saturated rings. The molecule has 0 bridgehead atoms. The van der Waals surface area contributed by atoms with Crippen molar-refractivity contribution in [3.63, 3.8) is 0 Å². The SMILES string of the molecule is CC(C)c1ccccc1-n1c(SCC(=O)C(C)(C)C)nc2ccccc2c1=O. The zero-order chi connectivity index (χ0) is 20.5. The number of rotatable bonds is 5. The summed E-state index contributed by atoms with van der Waals surface area (Å²) in [5, 5.41) is 1.13. The predicted molar refractivity (Wildman–Crippen MR) is 117 cm³/mol. The van der Waals surface area contributed by atoms with Crippen molar-refractivity contribution in [3.05, 3.63) is 64.4 Å². The molecule has 0 unspecified atom stereocenters. The highest BCUT2D eigenvalue weighted by Gasteiger charge is 2.23. The lowest BCUT2D eigenvalue weighted by molar-refractivity contribution is -0.123. The van der Waals surface area contributed by atoms with Crippen molar-refractivity contribution in [1.29, 1.82) is 0 Å². The maximum atomic E-state index is 13.4. The van der Waals surface area contributed by atoms with E-state index >= 15 is 0 Å². The van der Waals surface area contributed by atoms with Gasteiger partial charge in [0.25, 0.3) is 5.56 Å². The van der Waals surface area contributed by atoms with Gasteiger partial charge >= 0.3 is 0 Å². The zero-order valence-corrected chi connectivity index (χ0v) is 17.8. The summed E-state index contributed by atoms with van der Waals surface area (Å²) in [6.45, 7) is 9.93. The Kier molecular flexibility index (Phi) is 5.75. The first kappa shape index (κ1) is 20.3. The predicted octanol–water partition coefficient (Wildman–Crippen LogP) is 5.22. The molecule has 0 spiro atoms. The average Bonchev–Trinajstić information content (AvgIpc) is 2.65. The van der Waals surface area contributed by atoms with E-state index in [-0.39, 0.29) is 23.0 Å². The maximum absolute atomic E-state index is 13.4. The van der Waals surface area contributed by atoms with E-state index in [9.17, 15) is 9.59 Å². The molecule has 0 saturated carbocycles. The Hall–Kier alpha value is -2.40. The second-order valence-electron chi connectivity index (χ2n) is 8.23. The van der Waals surface area contributed by atoms with Crippen molar-refractivity contribution < 1.29 is 4.79 Å². The van der Waals surface area contributed by atoms with E-state index in [1.54, 1.807) is 10.6 Å². The van der Waals surface area contributed by atoms with Crippen LogP contribution in [0.2, 0.25) is 0 Å². The summed E-state index contributed by atoms with van der Waals surface area (Å²) in [5.41, 5.74) is 2.02. The fraction of sp³-hybridized carbons (Fsp3) is 0.348. The van der Waals surface area contributed by atoms with Crippen LogP contribution in [-0.4, -0.2) is 21.1 Å². The van der Waals surface area contributed by atoms with Crippen molar-refractivity contribution in [2.45, 2.75) is 45.7 Å². The Labute approximate surface area is 170 Å². The summed E-state index contributed by atoms with van der Waals surface area (Å²) in [5.74, 6) is 0.658. The molecule has 1 heterocycles. The quantitative estimate of drug-likeness (QED) is 0.440. The van der Waals surface area contributed by atoms with Gasteiger partial charge in [-0.15, -0.1) is 0 Å². The monoisotopic (exact) mass is 394 g/mol. The van der Waals surface area contributed by atoms with Gasteiger partial charge in [0, 0.05) is 5.41 Å². The molecule has 0 saturated heterocycles. The second kappa shape index (κ2) is 7.92. The number of Topliss-reactive ketones (excluding diaryl/α,β-unsaturated/α-hetero) is 1. The molecule has 1 aromatic heterocycles. The van der Waals surface area contributed by atoms with Crippen LogP contribution in [0.1, 0.15) is 46.1 Å².